The van der Waals surface area contributed by atoms with Crippen LogP contribution in [0.4, 0.5) is 0 Å². The topological polar surface area (TPSA) is 60.4 Å². The molecule has 0 aromatic heterocycles. The van der Waals surface area contributed by atoms with E-state index in [2.05, 4.69) is 6.92 Å². The van der Waals surface area contributed by atoms with Crippen molar-refractivity contribution in [2.24, 2.45) is 0 Å². The van der Waals surface area contributed by atoms with E-state index in [9.17, 15) is 15.0 Å². The summed E-state index contributed by atoms with van der Waals surface area (Å²) < 4.78 is 0. The van der Waals surface area contributed by atoms with Gasteiger partial charge in [-0.3, -0.25) is 0 Å². The number of unbranched alkanes of at least 4 members (excludes halogenated alkanes) is 8. The van der Waals surface area contributed by atoms with Crippen molar-refractivity contribution >= 4 is 5.97 Å². The fraction of sp³-hybridized carbons (Fsp3) is 0.938. The second-order valence-electron chi connectivity index (χ2n) is 5.54. The van der Waals surface area contributed by atoms with Gasteiger partial charge in [0.15, 0.2) is 0 Å². The minimum Gasteiger partial charge on any atom is -0.550 e. The van der Waals surface area contributed by atoms with E-state index in [0.717, 1.165) is 12.8 Å². The normalized spacial score (nSPS) is 11.9. The van der Waals surface area contributed by atoms with Crippen LogP contribution in [0.5, 0.6) is 0 Å². The van der Waals surface area contributed by atoms with Crippen molar-refractivity contribution in [2.45, 2.75) is 96.5 Å². The number of carboxylic acids is 1. The first-order valence-corrected chi connectivity index (χ1v) is 8.04. The van der Waals surface area contributed by atoms with Crippen molar-refractivity contribution in [3.8, 4) is 0 Å². The summed E-state index contributed by atoms with van der Waals surface area (Å²) in [6.45, 7) is 2.23. The van der Waals surface area contributed by atoms with Crippen molar-refractivity contribution in [3.05, 3.63) is 0 Å². The monoisotopic (exact) mass is 294 g/mol. The third-order valence-electron chi connectivity index (χ3n) is 3.56. The number of aliphatic hydroxyl groups is 1. The largest absolute Gasteiger partial charge is 1.00 e. The van der Waals surface area contributed by atoms with Crippen molar-refractivity contribution in [1.82, 2.24) is 0 Å². The molecule has 0 aliphatic heterocycles. The zero-order valence-electron chi connectivity index (χ0n) is 13.5. The number of hydrogen-bond acceptors (Lipinski definition) is 3. The van der Waals surface area contributed by atoms with Crippen molar-refractivity contribution in [2.75, 3.05) is 0 Å². The maximum Gasteiger partial charge on any atom is 1.00 e. The Morgan fingerprint density at radius 1 is 0.900 bits per heavy atom. The summed E-state index contributed by atoms with van der Waals surface area (Å²) in [4.78, 5) is 10.2. The van der Waals surface area contributed by atoms with Crippen LogP contribution in [0.1, 0.15) is 90.4 Å². The molecule has 0 saturated heterocycles. The average molecular weight is 294 g/mol. The molecule has 0 spiro atoms. The van der Waals surface area contributed by atoms with Gasteiger partial charge in [0.25, 0.3) is 0 Å². The van der Waals surface area contributed by atoms with Crippen molar-refractivity contribution in [3.63, 3.8) is 0 Å². The van der Waals surface area contributed by atoms with Gasteiger partial charge in [0, 0.05) is 5.97 Å². The number of carbonyl (C=O) groups excluding carboxylic acids is 1. The van der Waals surface area contributed by atoms with E-state index in [1.54, 1.807) is 0 Å². The molecule has 1 unspecified atom stereocenters. The van der Waals surface area contributed by atoms with Crippen LogP contribution in [-0.4, -0.2) is 17.2 Å². The summed E-state index contributed by atoms with van der Waals surface area (Å²) in [6, 6.07) is 0. The molecule has 0 bridgehead atoms. The van der Waals surface area contributed by atoms with Gasteiger partial charge in [0.1, 0.15) is 0 Å². The maximum atomic E-state index is 10.2. The summed E-state index contributed by atoms with van der Waals surface area (Å²) in [5.41, 5.74) is 0. The first-order valence-electron chi connectivity index (χ1n) is 8.04. The minimum absolute atomic E-state index is 0. The van der Waals surface area contributed by atoms with Crippen LogP contribution in [0.25, 0.3) is 0 Å². The number of carboxylic acid groups (broad SMARTS) is 1. The predicted octanol–water partition coefficient (Wildman–Crippen LogP) is 0.192. The number of carbonyl (C=O) groups is 1. The maximum absolute atomic E-state index is 10.2. The molecule has 0 rings (SSSR count). The number of hydrogen-bond donors (Lipinski definition) is 1. The molecule has 0 aliphatic carbocycles. The summed E-state index contributed by atoms with van der Waals surface area (Å²) in [6.07, 6.45) is 13.2. The molecule has 3 nitrogen and oxygen atoms in total. The second-order valence-corrected chi connectivity index (χ2v) is 5.54. The van der Waals surface area contributed by atoms with Crippen LogP contribution in [0.2, 0.25) is 0 Å². The molecule has 0 radical (unpaired) electrons. The third-order valence-corrected chi connectivity index (χ3v) is 3.56. The summed E-state index contributed by atoms with van der Waals surface area (Å²) in [7, 11) is 0. The molecule has 0 fully saturated rings. The molecular formula is C16H31NaO3. The quantitative estimate of drug-likeness (QED) is 0.367. The van der Waals surface area contributed by atoms with Crippen LogP contribution < -0.4 is 34.7 Å². The molecule has 0 aromatic rings. The fourth-order valence-corrected chi connectivity index (χ4v) is 2.32. The molecule has 20 heavy (non-hydrogen) atoms. The molecule has 114 valence electrons. The van der Waals surface area contributed by atoms with Gasteiger partial charge in [-0.2, -0.15) is 0 Å². The Balaban J connectivity index is 0. The number of aliphatic hydroxyl groups excluding tert-OH is 1. The zero-order chi connectivity index (χ0) is 14.3. The Bertz CT molecular complexity index is 210. The molecule has 4 heteroatoms. The summed E-state index contributed by atoms with van der Waals surface area (Å²) in [5.74, 6) is -1.02. The van der Waals surface area contributed by atoms with Crippen LogP contribution in [-0.2, 0) is 4.79 Å². The molecule has 1 N–H and O–H groups in total. The van der Waals surface area contributed by atoms with Gasteiger partial charge in [-0.15, -0.1) is 0 Å². The van der Waals surface area contributed by atoms with Gasteiger partial charge >= 0.3 is 29.6 Å². The Kier molecular flexibility index (Phi) is 19.8. The smallest absolute Gasteiger partial charge is 0.550 e. The van der Waals surface area contributed by atoms with Crippen LogP contribution in [0.3, 0.4) is 0 Å². The molecule has 1 atom stereocenters. The van der Waals surface area contributed by atoms with E-state index in [1.165, 1.54) is 51.4 Å². The van der Waals surface area contributed by atoms with Gasteiger partial charge in [-0.25, -0.2) is 0 Å². The van der Waals surface area contributed by atoms with E-state index in [-0.39, 0.29) is 42.1 Å². The van der Waals surface area contributed by atoms with Gasteiger partial charge < -0.3 is 15.0 Å². The Hall–Kier alpha value is 0.430. The van der Waals surface area contributed by atoms with Crippen molar-refractivity contribution < 1.29 is 44.6 Å². The van der Waals surface area contributed by atoms with Gasteiger partial charge in [0.2, 0.25) is 0 Å². The van der Waals surface area contributed by atoms with E-state index in [0.29, 0.717) is 12.8 Å². The average Bonchev–Trinajstić information content (AvgIpc) is 2.36. The first kappa shape index (κ1) is 22.7. The van der Waals surface area contributed by atoms with E-state index in [4.69, 9.17) is 0 Å². The number of aliphatic carboxylic acids is 1. The summed E-state index contributed by atoms with van der Waals surface area (Å²) in [5, 5.41) is 19.9. The SMILES string of the molecule is CCCCCCCCCCCC(O)CCCC(=O)[O-].[Na+]. The molecule has 0 heterocycles. The van der Waals surface area contributed by atoms with E-state index >= 15 is 0 Å². The molecule has 0 amide bonds. The van der Waals surface area contributed by atoms with E-state index < -0.39 is 5.97 Å². The van der Waals surface area contributed by atoms with Gasteiger partial charge in [0.05, 0.1) is 6.10 Å². The molecular weight excluding hydrogens is 263 g/mol. The molecule has 0 aliphatic rings. The molecule has 0 saturated carbocycles. The number of rotatable bonds is 14. The van der Waals surface area contributed by atoms with Gasteiger partial charge in [-0.1, -0.05) is 64.7 Å². The third kappa shape index (κ3) is 18.4. The Morgan fingerprint density at radius 3 is 1.85 bits per heavy atom. The van der Waals surface area contributed by atoms with Crippen LogP contribution in [0.15, 0.2) is 0 Å². The van der Waals surface area contributed by atoms with Crippen LogP contribution >= 0.6 is 0 Å². The molecule has 0 aromatic carbocycles. The van der Waals surface area contributed by atoms with Crippen molar-refractivity contribution in [1.29, 1.82) is 0 Å². The summed E-state index contributed by atoms with van der Waals surface area (Å²) >= 11 is 0. The van der Waals surface area contributed by atoms with E-state index in [1.807, 2.05) is 0 Å². The standard InChI is InChI=1S/C16H32O3.Na/c1-2-3-4-5-6-7-8-9-10-12-15(17)13-11-14-16(18)19;/h15,17H,2-14H2,1H3,(H,18,19);/q;+1/p-1. The minimum atomic E-state index is -1.02. The zero-order valence-corrected chi connectivity index (χ0v) is 15.5. The predicted molar refractivity (Wildman–Crippen MR) is 76.7 cm³/mol. The fourth-order valence-electron chi connectivity index (χ4n) is 2.32. The first-order chi connectivity index (χ1) is 9.16. The Labute approximate surface area is 146 Å². The van der Waals surface area contributed by atoms with Crippen LogP contribution in [0, 0.1) is 0 Å². The van der Waals surface area contributed by atoms with Gasteiger partial charge in [-0.05, 0) is 25.7 Å². The Morgan fingerprint density at radius 2 is 1.35 bits per heavy atom. The second kappa shape index (κ2) is 17.5.